The highest BCUT2D eigenvalue weighted by atomic mass is 16.6. The highest BCUT2D eigenvalue weighted by molar-refractivity contribution is 5.71. The van der Waals surface area contributed by atoms with Crippen LogP contribution < -0.4 is 10.6 Å². The van der Waals surface area contributed by atoms with Gasteiger partial charge in [0.05, 0.1) is 0 Å². The van der Waals surface area contributed by atoms with Crippen molar-refractivity contribution >= 4 is 24.0 Å². The van der Waals surface area contributed by atoms with Gasteiger partial charge in [-0.2, -0.15) is 0 Å². The number of ether oxygens (including phenoxy) is 1. The molecule has 1 aromatic heterocycles. The third-order valence-corrected chi connectivity index (χ3v) is 3.11. The van der Waals surface area contributed by atoms with E-state index in [-0.39, 0.29) is 17.7 Å². The lowest BCUT2D eigenvalue weighted by Crippen LogP contribution is -2.50. The van der Waals surface area contributed by atoms with Crippen molar-refractivity contribution in [1.82, 2.24) is 14.9 Å². The lowest BCUT2D eigenvalue weighted by Gasteiger charge is -2.36. The second-order valence-corrected chi connectivity index (χ2v) is 6.08. The average Bonchev–Trinajstić information content (AvgIpc) is 2.45. The number of anilines is 2. The van der Waals surface area contributed by atoms with Crippen LogP contribution in [0.1, 0.15) is 31.4 Å². The van der Waals surface area contributed by atoms with E-state index in [1.807, 2.05) is 25.7 Å². The fraction of sp³-hybridized carbons (Fsp3) is 0.571. The number of aldehydes is 1. The van der Waals surface area contributed by atoms with Gasteiger partial charge in [0.15, 0.2) is 12.1 Å². The predicted octanol–water partition coefficient (Wildman–Crippen LogP) is 0.928. The number of rotatable bonds is 2. The molecule has 1 saturated heterocycles. The van der Waals surface area contributed by atoms with E-state index in [1.54, 1.807) is 11.0 Å². The molecule has 0 saturated carbocycles. The van der Waals surface area contributed by atoms with Crippen LogP contribution in [0.5, 0.6) is 0 Å². The number of carbonyl (C=O) groups is 2. The lowest BCUT2D eigenvalue weighted by atomic mass is 10.2. The summed E-state index contributed by atoms with van der Waals surface area (Å²) in [6, 6.07) is 1.62. The second kappa shape index (κ2) is 6.17. The Balaban J connectivity index is 1.99. The van der Waals surface area contributed by atoms with E-state index in [2.05, 4.69) is 9.97 Å². The number of nitrogen functional groups attached to an aromatic ring is 1. The summed E-state index contributed by atoms with van der Waals surface area (Å²) in [5.74, 6) is 0.907. The molecule has 0 aromatic carbocycles. The largest absolute Gasteiger partial charge is 0.444 e. The molecule has 1 amide bonds. The van der Waals surface area contributed by atoms with Crippen molar-refractivity contribution in [2.24, 2.45) is 0 Å². The number of piperazine rings is 1. The molecule has 1 fully saturated rings. The Hall–Kier alpha value is -2.38. The summed E-state index contributed by atoms with van der Waals surface area (Å²) in [6.07, 6.45) is 0.250. The molecule has 120 valence electrons. The maximum Gasteiger partial charge on any atom is 0.410 e. The summed E-state index contributed by atoms with van der Waals surface area (Å²) in [4.78, 5) is 34.4. The van der Waals surface area contributed by atoms with Gasteiger partial charge in [0.25, 0.3) is 0 Å². The number of nitrogens with zero attached hydrogens (tertiary/aromatic N) is 4. The highest BCUT2D eigenvalue weighted by Crippen LogP contribution is 2.17. The molecule has 22 heavy (non-hydrogen) atoms. The topological polar surface area (TPSA) is 102 Å². The number of carbonyl (C=O) groups excluding carboxylic acids is 2. The summed E-state index contributed by atoms with van der Waals surface area (Å²) in [5.41, 5.74) is 5.16. The maximum absolute atomic E-state index is 12.0. The summed E-state index contributed by atoms with van der Waals surface area (Å²) >= 11 is 0. The van der Waals surface area contributed by atoms with Crippen molar-refractivity contribution in [3.63, 3.8) is 0 Å². The molecule has 0 spiro atoms. The Morgan fingerprint density at radius 1 is 1.27 bits per heavy atom. The minimum atomic E-state index is -0.506. The first-order chi connectivity index (χ1) is 10.3. The molecule has 1 aromatic rings. The summed E-state index contributed by atoms with van der Waals surface area (Å²) in [6.45, 7) is 7.75. The summed E-state index contributed by atoms with van der Waals surface area (Å²) < 4.78 is 5.35. The SMILES string of the molecule is CC(C)(C)OC(=O)N1CCN(c2cc(N)nc(C=O)n2)CC1. The minimum Gasteiger partial charge on any atom is -0.444 e. The molecule has 1 aliphatic heterocycles. The fourth-order valence-corrected chi connectivity index (χ4v) is 2.13. The van der Waals surface area contributed by atoms with Crippen LogP contribution >= 0.6 is 0 Å². The van der Waals surface area contributed by atoms with Crippen LogP contribution in [0.3, 0.4) is 0 Å². The van der Waals surface area contributed by atoms with Gasteiger partial charge in [-0.25, -0.2) is 14.8 Å². The third-order valence-electron chi connectivity index (χ3n) is 3.11. The molecule has 1 aliphatic rings. The molecule has 8 heteroatoms. The van der Waals surface area contributed by atoms with E-state index < -0.39 is 5.60 Å². The normalized spacial score (nSPS) is 15.6. The number of aromatic nitrogens is 2. The van der Waals surface area contributed by atoms with Gasteiger partial charge >= 0.3 is 6.09 Å². The Labute approximate surface area is 129 Å². The number of hydrogen-bond donors (Lipinski definition) is 1. The van der Waals surface area contributed by atoms with E-state index in [4.69, 9.17) is 10.5 Å². The van der Waals surface area contributed by atoms with Crippen LogP contribution in [0.25, 0.3) is 0 Å². The van der Waals surface area contributed by atoms with E-state index in [1.165, 1.54) is 0 Å². The van der Waals surface area contributed by atoms with E-state index in [9.17, 15) is 9.59 Å². The number of nitrogens with two attached hydrogens (primary N) is 1. The molecule has 0 aliphatic carbocycles. The van der Waals surface area contributed by atoms with Gasteiger partial charge in [-0.05, 0) is 20.8 Å². The fourth-order valence-electron chi connectivity index (χ4n) is 2.13. The summed E-state index contributed by atoms with van der Waals surface area (Å²) in [7, 11) is 0. The molecule has 0 bridgehead atoms. The van der Waals surface area contributed by atoms with E-state index >= 15 is 0 Å². The molecule has 8 nitrogen and oxygen atoms in total. The summed E-state index contributed by atoms with van der Waals surface area (Å²) in [5, 5.41) is 0. The molecule has 2 heterocycles. The highest BCUT2D eigenvalue weighted by Gasteiger charge is 2.26. The van der Waals surface area contributed by atoms with Crippen LogP contribution in [0.2, 0.25) is 0 Å². The van der Waals surface area contributed by atoms with E-state index in [0.29, 0.717) is 38.3 Å². The van der Waals surface area contributed by atoms with Gasteiger partial charge in [-0.3, -0.25) is 4.79 Å². The first-order valence-electron chi connectivity index (χ1n) is 7.11. The maximum atomic E-state index is 12.0. The zero-order valence-electron chi connectivity index (χ0n) is 13.1. The monoisotopic (exact) mass is 307 g/mol. The molecular formula is C14H21N5O3. The zero-order chi connectivity index (χ0) is 16.3. The Bertz CT molecular complexity index is 562. The predicted molar refractivity (Wildman–Crippen MR) is 81.9 cm³/mol. The van der Waals surface area contributed by atoms with E-state index in [0.717, 1.165) is 0 Å². The average molecular weight is 307 g/mol. The molecule has 0 radical (unpaired) electrons. The third kappa shape index (κ3) is 4.06. The van der Waals surface area contributed by atoms with Gasteiger partial charge < -0.3 is 20.3 Å². The molecular weight excluding hydrogens is 286 g/mol. The first kappa shape index (κ1) is 16.0. The van der Waals surface area contributed by atoms with Gasteiger partial charge in [0.2, 0.25) is 0 Å². The molecule has 2 N–H and O–H groups in total. The Morgan fingerprint density at radius 3 is 2.45 bits per heavy atom. The van der Waals surface area contributed by atoms with Crippen molar-refractivity contribution in [1.29, 1.82) is 0 Å². The van der Waals surface area contributed by atoms with Gasteiger partial charge in [-0.15, -0.1) is 0 Å². The standard InChI is InChI=1S/C14H21N5O3/c1-14(2,3)22-13(21)19-6-4-18(5-7-19)12-8-10(15)16-11(9-20)17-12/h8-9H,4-7H2,1-3H3,(H2,15,16,17). The Kier molecular flexibility index (Phi) is 4.48. The molecule has 2 rings (SSSR count). The van der Waals surface area contributed by atoms with Crippen molar-refractivity contribution in [3.8, 4) is 0 Å². The molecule has 0 unspecified atom stereocenters. The van der Waals surface area contributed by atoms with Crippen LogP contribution in [0.4, 0.5) is 16.4 Å². The van der Waals surface area contributed by atoms with Gasteiger partial charge in [0, 0.05) is 32.2 Å². The smallest absolute Gasteiger partial charge is 0.410 e. The van der Waals surface area contributed by atoms with Crippen molar-refractivity contribution in [2.75, 3.05) is 36.8 Å². The van der Waals surface area contributed by atoms with Crippen molar-refractivity contribution in [3.05, 3.63) is 11.9 Å². The van der Waals surface area contributed by atoms with Gasteiger partial charge in [-0.1, -0.05) is 0 Å². The van der Waals surface area contributed by atoms with Crippen LogP contribution in [-0.2, 0) is 4.74 Å². The molecule has 0 atom stereocenters. The quantitative estimate of drug-likeness (QED) is 0.811. The zero-order valence-corrected chi connectivity index (χ0v) is 13.1. The minimum absolute atomic E-state index is 0.0598. The van der Waals surface area contributed by atoms with Crippen LogP contribution in [-0.4, -0.2) is 59.0 Å². The lowest BCUT2D eigenvalue weighted by molar-refractivity contribution is 0.0240. The number of hydrogen-bond acceptors (Lipinski definition) is 7. The number of amides is 1. The second-order valence-electron chi connectivity index (χ2n) is 6.08. The van der Waals surface area contributed by atoms with Crippen molar-refractivity contribution in [2.45, 2.75) is 26.4 Å². The van der Waals surface area contributed by atoms with Crippen LogP contribution in [0.15, 0.2) is 6.07 Å². The first-order valence-corrected chi connectivity index (χ1v) is 7.11. The van der Waals surface area contributed by atoms with Crippen molar-refractivity contribution < 1.29 is 14.3 Å². The van der Waals surface area contributed by atoms with Gasteiger partial charge in [0.1, 0.15) is 17.2 Å². The van der Waals surface area contributed by atoms with Crippen LogP contribution in [0, 0.1) is 0 Å². The Morgan fingerprint density at radius 2 is 1.91 bits per heavy atom.